The SMILES string of the molecule is Cc1c(Cl)cccc1-n1c(C)cc([C@H]2[C@H](c3ccccn3)NC(=S)N2CC(C)C)c1C. The van der Waals surface area contributed by atoms with Crippen LogP contribution >= 0.6 is 23.8 Å². The highest BCUT2D eigenvalue weighted by molar-refractivity contribution is 7.80. The van der Waals surface area contributed by atoms with E-state index in [0.29, 0.717) is 5.92 Å². The lowest BCUT2D eigenvalue weighted by molar-refractivity contribution is 0.287. The van der Waals surface area contributed by atoms with Crippen LogP contribution in [0, 0.1) is 26.7 Å². The molecule has 1 aliphatic heterocycles. The Morgan fingerprint density at radius 1 is 1.13 bits per heavy atom. The Balaban J connectivity index is 1.86. The molecule has 2 aromatic heterocycles. The summed E-state index contributed by atoms with van der Waals surface area (Å²) in [7, 11) is 0. The molecule has 0 aliphatic carbocycles. The number of nitrogens with zero attached hydrogens (tertiary/aromatic N) is 3. The molecule has 31 heavy (non-hydrogen) atoms. The van der Waals surface area contributed by atoms with Crippen LogP contribution in [-0.2, 0) is 0 Å². The number of aryl methyl sites for hydroxylation is 1. The number of hydrogen-bond donors (Lipinski definition) is 1. The van der Waals surface area contributed by atoms with E-state index in [1.54, 1.807) is 0 Å². The van der Waals surface area contributed by atoms with Gasteiger partial charge in [0.05, 0.1) is 17.8 Å². The van der Waals surface area contributed by atoms with Crippen LogP contribution in [-0.4, -0.2) is 26.1 Å². The van der Waals surface area contributed by atoms with E-state index in [9.17, 15) is 0 Å². The molecule has 6 heteroatoms. The molecule has 0 spiro atoms. The van der Waals surface area contributed by atoms with Gasteiger partial charge in [0.2, 0.25) is 0 Å². The zero-order valence-electron chi connectivity index (χ0n) is 18.7. The molecule has 1 saturated heterocycles. The van der Waals surface area contributed by atoms with E-state index in [4.69, 9.17) is 23.8 Å². The van der Waals surface area contributed by atoms with E-state index in [2.05, 4.69) is 72.6 Å². The van der Waals surface area contributed by atoms with Crippen molar-refractivity contribution in [3.8, 4) is 5.69 Å². The molecule has 1 fully saturated rings. The highest BCUT2D eigenvalue weighted by atomic mass is 35.5. The first-order chi connectivity index (χ1) is 14.8. The van der Waals surface area contributed by atoms with Crippen molar-refractivity contribution in [3.05, 3.63) is 81.9 Å². The van der Waals surface area contributed by atoms with Gasteiger partial charge in [-0.2, -0.15) is 0 Å². The average Bonchev–Trinajstić information content (AvgIpc) is 3.20. The first-order valence-corrected chi connectivity index (χ1v) is 11.5. The quantitative estimate of drug-likeness (QED) is 0.475. The molecule has 4 nitrogen and oxygen atoms in total. The van der Waals surface area contributed by atoms with E-state index >= 15 is 0 Å². The number of halogens is 1. The van der Waals surface area contributed by atoms with Crippen LogP contribution in [0.1, 0.15) is 54.1 Å². The van der Waals surface area contributed by atoms with Crippen molar-refractivity contribution < 1.29 is 0 Å². The Labute approximate surface area is 195 Å². The monoisotopic (exact) mass is 452 g/mol. The standard InChI is InChI=1S/C25H29ClN4S/c1-15(2)14-29-24(23(28-25(29)31)21-10-6-7-12-27-21)19-13-16(3)30(18(19)5)22-11-8-9-20(26)17(22)4/h6-13,15,23-24H,14H2,1-5H3,(H,28,31)/t23-,24-/m0/s1. The summed E-state index contributed by atoms with van der Waals surface area (Å²) in [6.07, 6.45) is 1.85. The van der Waals surface area contributed by atoms with Crippen molar-refractivity contribution in [2.24, 2.45) is 5.92 Å². The van der Waals surface area contributed by atoms with Crippen LogP contribution in [0.3, 0.4) is 0 Å². The molecule has 1 N–H and O–H groups in total. The summed E-state index contributed by atoms with van der Waals surface area (Å²) in [5.74, 6) is 0.489. The lowest BCUT2D eigenvalue weighted by atomic mass is 9.96. The average molecular weight is 453 g/mol. The molecular weight excluding hydrogens is 424 g/mol. The van der Waals surface area contributed by atoms with Crippen molar-refractivity contribution in [1.29, 1.82) is 0 Å². The van der Waals surface area contributed by atoms with Gasteiger partial charge in [-0.05, 0) is 80.4 Å². The summed E-state index contributed by atoms with van der Waals surface area (Å²) < 4.78 is 2.31. The Hall–Kier alpha value is -2.37. The predicted octanol–water partition coefficient (Wildman–Crippen LogP) is 6.08. The molecular formula is C25H29ClN4S. The number of rotatable bonds is 5. The smallest absolute Gasteiger partial charge is 0.170 e. The highest BCUT2D eigenvalue weighted by Gasteiger charge is 2.41. The lowest BCUT2D eigenvalue weighted by Gasteiger charge is -2.29. The van der Waals surface area contributed by atoms with Crippen LogP contribution in [0.2, 0.25) is 5.02 Å². The Bertz CT molecular complexity index is 1110. The maximum atomic E-state index is 6.45. The molecule has 0 saturated carbocycles. The number of pyridine rings is 1. The normalized spacial score (nSPS) is 18.7. The Kier molecular flexibility index (Phi) is 6.09. The fourth-order valence-electron chi connectivity index (χ4n) is 4.63. The van der Waals surface area contributed by atoms with E-state index < -0.39 is 0 Å². The molecule has 1 aromatic carbocycles. The predicted molar refractivity (Wildman–Crippen MR) is 132 cm³/mol. The van der Waals surface area contributed by atoms with Crippen molar-refractivity contribution in [2.75, 3.05) is 6.54 Å². The molecule has 0 radical (unpaired) electrons. The zero-order valence-corrected chi connectivity index (χ0v) is 20.3. The first-order valence-electron chi connectivity index (χ1n) is 10.7. The molecule has 3 aromatic rings. The largest absolute Gasteiger partial charge is 0.352 e. The molecule has 0 amide bonds. The summed E-state index contributed by atoms with van der Waals surface area (Å²) in [6, 6.07) is 14.5. The van der Waals surface area contributed by atoms with Gasteiger partial charge in [-0.3, -0.25) is 4.98 Å². The minimum Gasteiger partial charge on any atom is -0.352 e. The topological polar surface area (TPSA) is 33.1 Å². The van der Waals surface area contributed by atoms with E-state index in [-0.39, 0.29) is 12.1 Å². The molecule has 3 heterocycles. The summed E-state index contributed by atoms with van der Waals surface area (Å²) in [6.45, 7) is 11.8. The van der Waals surface area contributed by atoms with Gasteiger partial charge in [0.15, 0.2) is 5.11 Å². The van der Waals surface area contributed by atoms with Gasteiger partial charge in [0.1, 0.15) is 0 Å². The van der Waals surface area contributed by atoms with E-state index in [0.717, 1.165) is 33.6 Å². The molecule has 162 valence electrons. The number of benzene rings is 1. The zero-order chi connectivity index (χ0) is 22.3. The van der Waals surface area contributed by atoms with Gasteiger partial charge in [-0.25, -0.2) is 0 Å². The van der Waals surface area contributed by atoms with Crippen LogP contribution < -0.4 is 5.32 Å². The number of thiocarbonyl (C=S) groups is 1. The van der Waals surface area contributed by atoms with Crippen LogP contribution in [0.5, 0.6) is 0 Å². The minimum atomic E-state index is 0.00172. The van der Waals surface area contributed by atoms with Gasteiger partial charge in [-0.15, -0.1) is 0 Å². The Morgan fingerprint density at radius 3 is 2.58 bits per heavy atom. The number of aromatic nitrogens is 2. The fraction of sp³-hybridized carbons (Fsp3) is 0.360. The van der Waals surface area contributed by atoms with Gasteiger partial charge in [-0.1, -0.05) is 37.6 Å². The highest BCUT2D eigenvalue weighted by Crippen LogP contribution is 2.42. The number of hydrogen-bond acceptors (Lipinski definition) is 2. The maximum Gasteiger partial charge on any atom is 0.170 e. The van der Waals surface area contributed by atoms with E-state index in [1.165, 1.54) is 17.0 Å². The summed E-state index contributed by atoms with van der Waals surface area (Å²) in [5.41, 5.74) is 6.85. The molecule has 1 aliphatic rings. The molecule has 0 bridgehead atoms. The van der Waals surface area contributed by atoms with Crippen molar-refractivity contribution in [1.82, 2.24) is 19.8 Å². The van der Waals surface area contributed by atoms with Crippen LogP contribution in [0.25, 0.3) is 5.69 Å². The molecule has 0 unspecified atom stereocenters. The second kappa shape index (κ2) is 8.64. The van der Waals surface area contributed by atoms with Crippen LogP contribution in [0.15, 0.2) is 48.7 Å². The first kappa shape index (κ1) is 21.8. The Morgan fingerprint density at radius 2 is 1.90 bits per heavy atom. The van der Waals surface area contributed by atoms with Gasteiger partial charge in [0, 0.05) is 34.8 Å². The third kappa shape index (κ3) is 3.97. The van der Waals surface area contributed by atoms with Gasteiger partial charge >= 0.3 is 0 Å². The fourth-order valence-corrected chi connectivity index (χ4v) is 5.11. The van der Waals surface area contributed by atoms with Crippen molar-refractivity contribution in [2.45, 2.75) is 46.7 Å². The third-order valence-electron chi connectivity index (χ3n) is 6.03. The minimum absolute atomic E-state index is 0.00172. The second-order valence-electron chi connectivity index (χ2n) is 8.72. The van der Waals surface area contributed by atoms with E-state index in [1.807, 2.05) is 30.5 Å². The second-order valence-corrected chi connectivity index (χ2v) is 9.51. The van der Waals surface area contributed by atoms with Crippen molar-refractivity contribution in [3.63, 3.8) is 0 Å². The summed E-state index contributed by atoms with van der Waals surface area (Å²) >= 11 is 12.2. The van der Waals surface area contributed by atoms with Gasteiger partial charge < -0.3 is 14.8 Å². The number of nitrogens with one attached hydrogen (secondary N) is 1. The third-order valence-corrected chi connectivity index (χ3v) is 6.79. The molecule has 4 rings (SSSR count). The van der Waals surface area contributed by atoms with Crippen LogP contribution in [0.4, 0.5) is 0 Å². The molecule has 2 atom stereocenters. The summed E-state index contributed by atoms with van der Waals surface area (Å²) in [4.78, 5) is 6.98. The van der Waals surface area contributed by atoms with Crippen molar-refractivity contribution >= 4 is 28.9 Å². The summed E-state index contributed by atoms with van der Waals surface area (Å²) in [5, 5.41) is 5.13. The lowest BCUT2D eigenvalue weighted by Crippen LogP contribution is -2.33. The maximum absolute atomic E-state index is 6.45. The van der Waals surface area contributed by atoms with Gasteiger partial charge in [0.25, 0.3) is 0 Å².